The molecule has 0 aromatic heterocycles. The van der Waals surface area contributed by atoms with Gasteiger partial charge in [0.2, 0.25) is 0 Å². The van der Waals surface area contributed by atoms with Crippen molar-refractivity contribution in [1.29, 1.82) is 0 Å². The van der Waals surface area contributed by atoms with Crippen LogP contribution in [-0.2, 0) is 4.74 Å². The number of allylic oxidation sites excluding steroid dienone is 2. The fourth-order valence-corrected chi connectivity index (χ4v) is 1.47. The molecular formula is C9H13N2O. The molecule has 0 spiro atoms. The molecule has 12 heavy (non-hydrogen) atoms. The third kappa shape index (κ3) is 1.68. The zero-order valence-electron chi connectivity index (χ0n) is 6.99. The number of nitrogens with one attached hydrogen (secondary N) is 1. The summed E-state index contributed by atoms with van der Waals surface area (Å²) in [5.41, 5.74) is 0. The van der Waals surface area contributed by atoms with Crippen LogP contribution in [0.1, 0.15) is 0 Å². The number of hydrogen-bond acceptors (Lipinski definition) is 3. The minimum absolute atomic E-state index is 0.343. The van der Waals surface area contributed by atoms with E-state index in [0.29, 0.717) is 6.17 Å². The second-order valence-corrected chi connectivity index (χ2v) is 2.93. The summed E-state index contributed by atoms with van der Waals surface area (Å²) in [5, 5.41) is 3.24. The molecule has 0 aromatic carbocycles. The van der Waals surface area contributed by atoms with Crippen molar-refractivity contribution < 1.29 is 4.74 Å². The largest absolute Gasteiger partial charge is 0.379 e. The zero-order valence-corrected chi connectivity index (χ0v) is 6.99. The molecule has 3 nitrogen and oxygen atoms in total. The SMILES string of the molecule is [C]1=CNC(N2CCOCC2)C=C1. The average Bonchev–Trinajstić information content (AvgIpc) is 2.21. The van der Waals surface area contributed by atoms with E-state index >= 15 is 0 Å². The summed E-state index contributed by atoms with van der Waals surface area (Å²) in [6.45, 7) is 3.71. The van der Waals surface area contributed by atoms with Crippen LogP contribution >= 0.6 is 0 Å². The van der Waals surface area contributed by atoms with Crippen LogP contribution in [-0.4, -0.2) is 37.4 Å². The fraction of sp³-hybridized carbons (Fsp3) is 0.556. The van der Waals surface area contributed by atoms with Crippen molar-refractivity contribution in [3.05, 3.63) is 24.4 Å². The summed E-state index contributed by atoms with van der Waals surface area (Å²) in [7, 11) is 0. The van der Waals surface area contributed by atoms with Crippen molar-refractivity contribution in [2.45, 2.75) is 6.17 Å². The van der Waals surface area contributed by atoms with Crippen LogP contribution in [0.5, 0.6) is 0 Å². The van der Waals surface area contributed by atoms with Gasteiger partial charge in [0.15, 0.2) is 0 Å². The second-order valence-electron chi connectivity index (χ2n) is 2.93. The molecule has 1 unspecified atom stereocenters. The van der Waals surface area contributed by atoms with Crippen LogP contribution in [0.3, 0.4) is 0 Å². The number of nitrogens with zero attached hydrogens (tertiary/aromatic N) is 1. The number of hydrogen-bond donors (Lipinski definition) is 1. The lowest BCUT2D eigenvalue weighted by Gasteiger charge is -2.33. The minimum Gasteiger partial charge on any atom is -0.379 e. The quantitative estimate of drug-likeness (QED) is 0.597. The van der Waals surface area contributed by atoms with Crippen LogP contribution in [0.2, 0.25) is 0 Å². The van der Waals surface area contributed by atoms with Crippen molar-refractivity contribution >= 4 is 0 Å². The van der Waals surface area contributed by atoms with Crippen molar-refractivity contribution in [3.63, 3.8) is 0 Å². The Morgan fingerprint density at radius 1 is 1.42 bits per heavy atom. The normalized spacial score (nSPS) is 30.2. The summed E-state index contributed by atoms with van der Waals surface area (Å²) in [5.74, 6) is 0. The molecule has 0 aliphatic carbocycles. The Balaban J connectivity index is 1.90. The van der Waals surface area contributed by atoms with Gasteiger partial charge in [-0.25, -0.2) is 0 Å². The first kappa shape index (κ1) is 7.83. The molecule has 2 aliphatic rings. The molecule has 65 valence electrons. The van der Waals surface area contributed by atoms with Crippen molar-refractivity contribution in [2.75, 3.05) is 26.3 Å². The van der Waals surface area contributed by atoms with Gasteiger partial charge < -0.3 is 10.1 Å². The summed E-state index contributed by atoms with van der Waals surface area (Å²) in [6.07, 6.45) is 9.25. The van der Waals surface area contributed by atoms with E-state index in [4.69, 9.17) is 4.74 Å². The summed E-state index contributed by atoms with van der Waals surface area (Å²) >= 11 is 0. The van der Waals surface area contributed by atoms with Crippen molar-refractivity contribution in [1.82, 2.24) is 10.2 Å². The molecule has 0 aromatic rings. The van der Waals surface area contributed by atoms with Gasteiger partial charge in [0, 0.05) is 19.3 Å². The number of morpholine rings is 1. The first-order valence-electron chi connectivity index (χ1n) is 4.29. The Morgan fingerprint density at radius 3 is 2.92 bits per heavy atom. The number of ether oxygens (including phenoxy) is 1. The van der Waals surface area contributed by atoms with Crippen LogP contribution in [0.15, 0.2) is 18.4 Å². The van der Waals surface area contributed by atoms with E-state index in [0.717, 1.165) is 26.3 Å². The average molecular weight is 165 g/mol. The Kier molecular flexibility index (Phi) is 2.44. The van der Waals surface area contributed by atoms with E-state index in [1.54, 1.807) is 0 Å². The highest BCUT2D eigenvalue weighted by atomic mass is 16.5. The number of rotatable bonds is 1. The van der Waals surface area contributed by atoms with Gasteiger partial charge in [-0.1, -0.05) is 6.08 Å². The molecule has 0 bridgehead atoms. The smallest absolute Gasteiger partial charge is 0.0986 e. The maximum absolute atomic E-state index is 5.27. The molecule has 2 rings (SSSR count). The molecule has 0 saturated carbocycles. The lowest BCUT2D eigenvalue weighted by atomic mass is 10.3. The molecule has 3 heteroatoms. The molecule has 2 heterocycles. The summed E-state index contributed by atoms with van der Waals surface area (Å²) in [6, 6.07) is 0. The highest BCUT2D eigenvalue weighted by Gasteiger charge is 2.17. The first-order valence-corrected chi connectivity index (χ1v) is 4.29. The number of dihydropyridines is 1. The predicted octanol–water partition coefficient (Wildman–Crippen LogP) is 0.121. The van der Waals surface area contributed by atoms with E-state index in [-0.39, 0.29) is 0 Å². The summed E-state index contributed by atoms with van der Waals surface area (Å²) < 4.78 is 5.27. The highest BCUT2D eigenvalue weighted by molar-refractivity contribution is 5.06. The van der Waals surface area contributed by atoms with Gasteiger partial charge in [0.05, 0.1) is 19.4 Å². The van der Waals surface area contributed by atoms with E-state index in [1.807, 2.05) is 12.3 Å². The van der Waals surface area contributed by atoms with Crippen molar-refractivity contribution in [2.24, 2.45) is 0 Å². The fourth-order valence-electron chi connectivity index (χ4n) is 1.47. The maximum atomic E-state index is 5.27. The standard InChI is InChI=1S/C9H13N2O/c1-2-4-10-9(3-1)11-5-7-12-8-6-11/h1,3-4,9-10H,5-8H2. The van der Waals surface area contributed by atoms with Crippen LogP contribution in [0.4, 0.5) is 0 Å². The third-order valence-corrected chi connectivity index (χ3v) is 2.15. The van der Waals surface area contributed by atoms with E-state index < -0.39 is 0 Å². The predicted molar refractivity (Wildman–Crippen MR) is 46.3 cm³/mol. The van der Waals surface area contributed by atoms with Crippen molar-refractivity contribution in [3.8, 4) is 0 Å². The molecule has 1 N–H and O–H groups in total. The molecule has 1 radical (unpaired) electrons. The van der Waals surface area contributed by atoms with Gasteiger partial charge in [0.25, 0.3) is 0 Å². The molecule has 0 amide bonds. The van der Waals surface area contributed by atoms with Gasteiger partial charge in [-0.05, 0) is 12.2 Å². The molecule has 1 saturated heterocycles. The monoisotopic (exact) mass is 165 g/mol. The van der Waals surface area contributed by atoms with E-state index in [9.17, 15) is 0 Å². The minimum atomic E-state index is 0.343. The molecule has 1 fully saturated rings. The van der Waals surface area contributed by atoms with Crippen LogP contribution < -0.4 is 5.32 Å². The lowest BCUT2D eigenvalue weighted by molar-refractivity contribution is 0.0217. The van der Waals surface area contributed by atoms with Gasteiger partial charge in [-0.15, -0.1) is 0 Å². The highest BCUT2D eigenvalue weighted by Crippen LogP contribution is 2.04. The Hall–Kier alpha value is -0.800. The maximum Gasteiger partial charge on any atom is 0.0986 e. The molecular weight excluding hydrogens is 152 g/mol. The molecule has 2 aliphatic heterocycles. The summed E-state index contributed by atoms with van der Waals surface area (Å²) in [4.78, 5) is 2.36. The van der Waals surface area contributed by atoms with Gasteiger partial charge in [0.1, 0.15) is 0 Å². The van der Waals surface area contributed by atoms with E-state index in [2.05, 4.69) is 22.4 Å². The van der Waals surface area contributed by atoms with E-state index in [1.165, 1.54) is 0 Å². The Morgan fingerprint density at radius 2 is 2.25 bits per heavy atom. The van der Waals surface area contributed by atoms with Gasteiger partial charge >= 0.3 is 0 Å². The van der Waals surface area contributed by atoms with Gasteiger partial charge in [-0.3, -0.25) is 4.90 Å². The second kappa shape index (κ2) is 3.74. The van der Waals surface area contributed by atoms with Crippen LogP contribution in [0, 0.1) is 6.08 Å². The Labute approximate surface area is 72.7 Å². The topological polar surface area (TPSA) is 24.5 Å². The van der Waals surface area contributed by atoms with Crippen LogP contribution in [0.25, 0.3) is 0 Å². The molecule has 1 atom stereocenters. The first-order chi connectivity index (χ1) is 5.97. The third-order valence-electron chi connectivity index (χ3n) is 2.15. The lowest BCUT2D eigenvalue weighted by Crippen LogP contribution is -2.48. The van der Waals surface area contributed by atoms with Gasteiger partial charge in [-0.2, -0.15) is 0 Å². The zero-order chi connectivity index (χ0) is 8.23. The Bertz CT molecular complexity index is 195.